The summed E-state index contributed by atoms with van der Waals surface area (Å²) in [5, 5.41) is 11.9. The van der Waals surface area contributed by atoms with E-state index in [1.54, 1.807) is 18.2 Å². The second-order valence-electron chi connectivity index (χ2n) is 3.18. The Bertz CT molecular complexity index is 406. The molecule has 0 aliphatic heterocycles. The molecule has 0 aromatic heterocycles. The number of carbonyl (C=O) groups excluding carboxylic acids is 1. The highest BCUT2D eigenvalue weighted by molar-refractivity contribution is 6.35. The number of nitriles is 1. The lowest BCUT2D eigenvalue weighted by Crippen LogP contribution is -2.24. The van der Waals surface area contributed by atoms with Gasteiger partial charge in [-0.25, -0.2) is 0 Å². The summed E-state index contributed by atoms with van der Waals surface area (Å²) in [4.78, 5) is 11.6. The van der Waals surface area contributed by atoms with Crippen molar-refractivity contribution in [1.29, 1.82) is 5.26 Å². The number of carbonyl (C=O) groups is 1. The van der Waals surface area contributed by atoms with Crippen LogP contribution in [0.3, 0.4) is 0 Å². The van der Waals surface area contributed by atoms with E-state index in [-0.39, 0.29) is 5.91 Å². The maximum atomic E-state index is 11.6. The monoisotopic (exact) mass is 256 g/mol. The number of amides is 1. The summed E-state index contributed by atoms with van der Waals surface area (Å²) in [6.07, 6.45) is 1.06. The molecule has 1 N–H and O–H groups in total. The number of halogens is 2. The molecule has 0 unspecified atom stereocenters. The zero-order chi connectivity index (χ0) is 12.0. The predicted molar refractivity (Wildman–Crippen MR) is 63.6 cm³/mol. The minimum atomic E-state index is -0.234. The summed E-state index contributed by atoms with van der Waals surface area (Å²) in [5.74, 6) is -0.234. The summed E-state index contributed by atoms with van der Waals surface area (Å²) >= 11 is 11.5. The maximum absolute atomic E-state index is 11.6. The van der Waals surface area contributed by atoms with Crippen molar-refractivity contribution in [2.75, 3.05) is 6.54 Å². The van der Waals surface area contributed by atoms with Gasteiger partial charge in [0, 0.05) is 28.6 Å². The van der Waals surface area contributed by atoms with E-state index < -0.39 is 0 Å². The molecule has 0 radical (unpaired) electrons. The van der Waals surface area contributed by atoms with Crippen molar-refractivity contribution >= 4 is 29.1 Å². The van der Waals surface area contributed by atoms with Crippen LogP contribution in [0.5, 0.6) is 0 Å². The third-order valence-corrected chi connectivity index (χ3v) is 2.31. The Morgan fingerprint density at radius 2 is 1.94 bits per heavy atom. The van der Waals surface area contributed by atoms with Gasteiger partial charge in [-0.2, -0.15) is 5.26 Å². The first-order chi connectivity index (χ1) is 7.63. The van der Waals surface area contributed by atoms with Gasteiger partial charge >= 0.3 is 0 Å². The highest BCUT2D eigenvalue weighted by Gasteiger charge is 2.06. The van der Waals surface area contributed by atoms with E-state index in [1.165, 1.54) is 0 Å². The van der Waals surface area contributed by atoms with Gasteiger partial charge in [0.2, 0.25) is 0 Å². The molecule has 16 heavy (non-hydrogen) atoms. The van der Waals surface area contributed by atoms with Gasteiger partial charge in [-0.05, 0) is 24.6 Å². The van der Waals surface area contributed by atoms with Crippen LogP contribution >= 0.6 is 23.2 Å². The van der Waals surface area contributed by atoms with Gasteiger partial charge in [-0.3, -0.25) is 4.79 Å². The first kappa shape index (κ1) is 12.8. The van der Waals surface area contributed by atoms with E-state index in [1.807, 2.05) is 6.07 Å². The van der Waals surface area contributed by atoms with Crippen LogP contribution in [0.4, 0.5) is 0 Å². The van der Waals surface area contributed by atoms with Gasteiger partial charge in [0.1, 0.15) is 0 Å². The Hall–Kier alpha value is -1.24. The fourth-order valence-electron chi connectivity index (χ4n) is 1.16. The standard InChI is InChI=1S/C11H10Cl2N2O/c12-9-5-8(6-10(13)7-9)11(16)15-4-2-1-3-14/h5-7H,1-2,4H2,(H,15,16). The van der Waals surface area contributed by atoms with Gasteiger partial charge in [-0.1, -0.05) is 23.2 Å². The van der Waals surface area contributed by atoms with Crippen LogP contribution in [0.1, 0.15) is 23.2 Å². The van der Waals surface area contributed by atoms with Crippen LogP contribution in [0.25, 0.3) is 0 Å². The topological polar surface area (TPSA) is 52.9 Å². The molecule has 1 rings (SSSR count). The molecule has 0 aliphatic rings. The van der Waals surface area contributed by atoms with Crippen molar-refractivity contribution in [3.8, 4) is 6.07 Å². The second-order valence-corrected chi connectivity index (χ2v) is 4.05. The van der Waals surface area contributed by atoms with E-state index in [4.69, 9.17) is 28.5 Å². The molecular weight excluding hydrogens is 247 g/mol. The number of benzene rings is 1. The summed E-state index contributed by atoms with van der Waals surface area (Å²) < 4.78 is 0. The molecule has 0 spiro atoms. The Labute approximate surface area is 104 Å². The number of hydrogen-bond acceptors (Lipinski definition) is 2. The Morgan fingerprint density at radius 1 is 1.31 bits per heavy atom. The zero-order valence-electron chi connectivity index (χ0n) is 8.46. The fourth-order valence-corrected chi connectivity index (χ4v) is 1.68. The molecule has 84 valence electrons. The SMILES string of the molecule is N#CCCCNC(=O)c1cc(Cl)cc(Cl)c1. The molecule has 0 atom stereocenters. The molecule has 0 fully saturated rings. The summed E-state index contributed by atoms with van der Waals surface area (Å²) in [6, 6.07) is 6.67. The molecular formula is C11H10Cl2N2O. The molecule has 0 saturated carbocycles. The first-order valence-corrected chi connectivity index (χ1v) is 5.50. The quantitative estimate of drug-likeness (QED) is 0.843. The fraction of sp³-hybridized carbons (Fsp3) is 0.273. The number of rotatable bonds is 4. The van der Waals surface area contributed by atoms with Crippen molar-refractivity contribution in [1.82, 2.24) is 5.32 Å². The first-order valence-electron chi connectivity index (χ1n) is 4.74. The third kappa shape index (κ3) is 4.09. The molecule has 0 heterocycles. The Kier molecular flexibility index (Phi) is 5.10. The minimum Gasteiger partial charge on any atom is -0.352 e. The molecule has 5 heteroatoms. The lowest BCUT2D eigenvalue weighted by Gasteiger charge is -2.04. The normalized spacial score (nSPS) is 9.56. The van der Waals surface area contributed by atoms with Crippen molar-refractivity contribution in [3.05, 3.63) is 33.8 Å². The average Bonchev–Trinajstić information content (AvgIpc) is 2.22. The number of nitrogens with one attached hydrogen (secondary N) is 1. The van der Waals surface area contributed by atoms with Crippen LogP contribution in [-0.4, -0.2) is 12.5 Å². The lowest BCUT2D eigenvalue weighted by molar-refractivity contribution is 0.0953. The summed E-state index contributed by atoms with van der Waals surface area (Å²) in [7, 11) is 0. The Balaban J connectivity index is 2.56. The minimum absolute atomic E-state index is 0.234. The second kappa shape index (κ2) is 6.37. The van der Waals surface area contributed by atoms with Gasteiger partial charge in [0.25, 0.3) is 5.91 Å². The smallest absolute Gasteiger partial charge is 0.251 e. The molecule has 1 aromatic rings. The van der Waals surface area contributed by atoms with Crippen molar-refractivity contribution in [2.45, 2.75) is 12.8 Å². The zero-order valence-corrected chi connectivity index (χ0v) is 9.98. The number of unbranched alkanes of at least 4 members (excludes halogenated alkanes) is 1. The molecule has 1 aromatic carbocycles. The van der Waals surface area contributed by atoms with E-state index in [0.717, 1.165) is 0 Å². The molecule has 0 bridgehead atoms. The summed E-state index contributed by atoms with van der Waals surface area (Å²) in [6.45, 7) is 0.469. The van der Waals surface area contributed by atoms with Crippen LogP contribution in [0, 0.1) is 11.3 Å². The van der Waals surface area contributed by atoms with Gasteiger partial charge in [0.15, 0.2) is 0 Å². The van der Waals surface area contributed by atoms with Crippen molar-refractivity contribution in [2.24, 2.45) is 0 Å². The van der Waals surface area contributed by atoms with Gasteiger partial charge < -0.3 is 5.32 Å². The van der Waals surface area contributed by atoms with Gasteiger partial charge in [-0.15, -0.1) is 0 Å². The number of nitrogens with zero attached hydrogens (tertiary/aromatic N) is 1. The molecule has 0 saturated heterocycles. The summed E-state index contributed by atoms with van der Waals surface area (Å²) in [5.41, 5.74) is 0.425. The van der Waals surface area contributed by atoms with Gasteiger partial charge in [0.05, 0.1) is 6.07 Å². The molecule has 1 amide bonds. The van der Waals surface area contributed by atoms with Crippen LogP contribution in [-0.2, 0) is 0 Å². The lowest BCUT2D eigenvalue weighted by atomic mass is 10.2. The van der Waals surface area contributed by atoms with E-state index in [2.05, 4.69) is 5.32 Å². The Morgan fingerprint density at radius 3 is 2.50 bits per heavy atom. The third-order valence-electron chi connectivity index (χ3n) is 1.88. The van der Waals surface area contributed by atoms with Crippen molar-refractivity contribution in [3.63, 3.8) is 0 Å². The van der Waals surface area contributed by atoms with E-state index >= 15 is 0 Å². The van der Waals surface area contributed by atoms with Crippen LogP contribution in [0.2, 0.25) is 10.0 Å². The van der Waals surface area contributed by atoms with E-state index in [0.29, 0.717) is 35.0 Å². The average molecular weight is 257 g/mol. The molecule has 3 nitrogen and oxygen atoms in total. The highest BCUT2D eigenvalue weighted by Crippen LogP contribution is 2.18. The predicted octanol–water partition coefficient (Wildman–Crippen LogP) is 3.03. The maximum Gasteiger partial charge on any atom is 0.251 e. The van der Waals surface area contributed by atoms with Crippen LogP contribution in [0.15, 0.2) is 18.2 Å². The molecule has 0 aliphatic carbocycles. The van der Waals surface area contributed by atoms with E-state index in [9.17, 15) is 4.79 Å². The highest BCUT2D eigenvalue weighted by atomic mass is 35.5. The van der Waals surface area contributed by atoms with Crippen LogP contribution < -0.4 is 5.32 Å². The van der Waals surface area contributed by atoms with Crippen molar-refractivity contribution < 1.29 is 4.79 Å². The largest absolute Gasteiger partial charge is 0.352 e. The number of hydrogen-bond donors (Lipinski definition) is 1.